The summed E-state index contributed by atoms with van der Waals surface area (Å²) in [5.74, 6) is -0.382. The summed E-state index contributed by atoms with van der Waals surface area (Å²) in [6.07, 6.45) is 3.06. The number of methoxy groups -OCH3 is 2. The maximum absolute atomic E-state index is 13.6. The molecule has 3 aliphatic rings. The van der Waals surface area contributed by atoms with Crippen LogP contribution in [0.15, 0.2) is 18.2 Å². The Balaban J connectivity index is 1.57. The fourth-order valence-electron chi connectivity index (χ4n) is 4.48. The predicted molar refractivity (Wildman–Crippen MR) is 118 cm³/mol. The first-order valence-electron chi connectivity index (χ1n) is 11.2. The fourth-order valence-corrected chi connectivity index (χ4v) is 4.48. The van der Waals surface area contributed by atoms with E-state index in [2.05, 4.69) is 5.32 Å². The number of carbonyl (C=O) groups excluding carboxylic acids is 3. The Morgan fingerprint density at radius 1 is 1.22 bits per heavy atom. The molecule has 1 N–H and O–H groups in total. The van der Waals surface area contributed by atoms with Crippen LogP contribution in [0.1, 0.15) is 25.7 Å². The quantitative estimate of drug-likeness (QED) is 0.476. The van der Waals surface area contributed by atoms with Crippen LogP contribution in [0.5, 0.6) is 5.75 Å². The highest BCUT2D eigenvalue weighted by Crippen LogP contribution is 2.40. The predicted octanol–water partition coefficient (Wildman–Crippen LogP) is 1.34. The van der Waals surface area contributed by atoms with Gasteiger partial charge in [-0.05, 0) is 43.9 Å². The van der Waals surface area contributed by atoms with Crippen LogP contribution in [0.3, 0.4) is 0 Å². The third-order valence-corrected chi connectivity index (χ3v) is 6.28. The van der Waals surface area contributed by atoms with E-state index in [4.69, 9.17) is 14.2 Å². The third kappa shape index (κ3) is 4.73. The molecular weight excluding hydrogens is 414 g/mol. The van der Waals surface area contributed by atoms with Crippen LogP contribution in [-0.4, -0.2) is 70.9 Å². The zero-order chi connectivity index (χ0) is 22.7. The number of hydrogen-bond acceptors (Lipinski definition) is 7. The molecule has 9 nitrogen and oxygen atoms in total. The Labute approximate surface area is 188 Å². The van der Waals surface area contributed by atoms with Gasteiger partial charge in [0.25, 0.3) is 5.91 Å². The molecule has 1 saturated carbocycles. The highest BCUT2D eigenvalue weighted by Gasteiger charge is 2.40. The van der Waals surface area contributed by atoms with Gasteiger partial charge in [-0.25, -0.2) is 0 Å². The summed E-state index contributed by atoms with van der Waals surface area (Å²) in [5, 5.41) is 3.21. The monoisotopic (exact) mass is 445 g/mol. The number of nitrogens with one attached hydrogen (secondary N) is 1. The van der Waals surface area contributed by atoms with Crippen molar-refractivity contribution in [1.29, 1.82) is 0 Å². The lowest BCUT2D eigenvalue weighted by Crippen LogP contribution is -2.48. The van der Waals surface area contributed by atoms with Crippen LogP contribution in [-0.2, 0) is 23.9 Å². The molecule has 0 bridgehead atoms. The van der Waals surface area contributed by atoms with E-state index in [1.54, 1.807) is 12.0 Å². The molecule has 0 radical (unpaired) electrons. The molecule has 4 rings (SSSR count). The number of nitrogens with zero attached hydrogens (tertiary/aromatic N) is 2. The van der Waals surface area contributed by atoms with Crippen molar-refractivity contribution in [3.05, 3.63) is 18.2 Å². The number of amides is 2. The zero-order valence-electron chi connectivity index (χ0n) is 18.7. The van der Waals surface area contributed by atoms with Crippen LogP contribution in [0, 0.1) is 11.8 Å². The van der Waals surface area contributed by atoms with Crippen LogP contribution in [0.25, 0.3) is 0 Å². The first kappa shape index (κ1) is 22.5. The molecule has 2 amide bonds. The second-order valence-electron chi connectivity index (χ2n) is 8.58. The Bertz CT molecular complexity index is 871. The first-order chi connectivity index (χ1) is 15.5. The SMILES string of the molecule is COCCCN1C(=O)COc2ccc(N(C(=O)C3CNC[C@@H](C(=O)OC)C3)C3CC3)cc21. The second kappa shape index (κ2) is 9.87. The molecule has 1 unspecified atom stereocenters. The average Bonchev–Trinajstić information content (AvgIpc) is 3.65. The van der Waals surface area contributed by atoms with Crippen molar-refractivity contribution in [2.45, 2.75) is 31.7 Å². The van der Waals surface area contributed by atoms with Crippen LogP contribution < -0.4 is 19.9 Å². The molecule has 1 saturated heterocycles. The number of carbonyl (C=O) groups is 3. The van der Waals surface area contributed by atoms with E-state index in [-0.39, 0.29) is 42.3 Å². The van der Waals surface area contributed by atoms with Gasteiger partial charge in [0.15, 0.2) is 6.61 Å². The van der Waals surface area contributed by atoms with E-state index >= 15 is 0 Å². The minimum absolute atomic E-state index is 0.00235. The van der Waals surface area contributed by atoms with Crippen molar-refractivity contribution in [3.63, 3.8) is 0 Å². The van der Waals surface area contributed by atoms with E-state index in [1.807, 2.05) is 23.1 Å². The van der Waals surface area contributed by atoms with E-state index in [1.165, 1.54) is 7.11 Å². The van der Waals surface area contributed by atoms with E-state index in [0.717, 1.165) is 18.5 Å². The van der Waals surface area contributed by atoms with Crippen molar-refractivity contribution in [3.8, 4) is 5.75 Å². The van der Waals surface area contributed by atoms with Gasteiger partial charge in [-0.2, -0.15) is 0 Å². The maximum Gasteiger partial charge on any atom is 0.309 e. The number of hydrogen-bond donors (Lipinski definition) is 1. The molecule has 0 spiro atoms. The van der Waals surface area contributed by atoms with Gasteiger partial charge in [-0.1, -0.05) is 0 Å². The number of benzene rings is 1. The van der Waals surface area contributed by atoms with Crippen molar-refractivity contribution in [2.75, 3.05) is 56.9 Å². The Kier molecular flexibility index (Phi) is 6.95. The molecule has 32 heavy (non-hydrogen) atoms. The lowest BCUT2D eigenvalue weighted by molar-refractivity contribution is -0.146. The lowest BCUT2D eigenvalue weighted by atomic mass is 9.89. The minimum Gasteiger partial charge on any atom is -0.482 e. The molecule has 2 heterocycles. The topological polar surface area (TPSA) is 97.4 Å². The second-order valence-corrected chi connectivity index (χ2v) is 8.58. The average molecular weight is 446 g/mol. The zero-order valence-corrected chi connectivity index (χ0v) is 18.7. The molecule has 1 aromatic carbocycles. The molecule has 174 valence electrons. The molecule has 0 aromatic heterocycles. The van der Waals surface area contributed by atoms with Crippen LogP contribution in [0.2, 0.25) is 0 Å². The van der Waals surface area contributed by atoms with E-state index in [0.29, 0.717) is 50.5 Å². The Morgan fingerprint density at radius 3 is 2.72 bits per heavy atom. The fraction of sp³-hybridized carbons (Fsp3) is 0.609. The van der Waals surface area contributed by atoms with Gasteiger partial charge in [-0.3, -0.25) is 14.4 Å². The van der Waals surface area contributed by atoms with E-state index < -0.39 is 0 Å². The van der Waals surface area contributed by atoms with Crippen LogP contribution >= 0.6 is 0 Å². The summed E-state index contributed by atoms with van der Waals surface area (Å²) in [5.41, 5.74) is 1.44. The highest BCUT2D eigenvalue weighted by atomic mass is 16.5. The molecule has 1 aromatic rings. The number of fused-ring (bicyclic) bond motifs is 1. The summed E-state index contributed by atoms with van der Waals surface area (Å²) in [4.78, 5) is 41.7. The normalized spacial score (nSPS) is 22.7. The highest BCUT2D eigenvalue weighted by molar-refractivity contribution is 6.01. The van der Waals surface area contributed by atoms with Gasteiger partial charge in [0.1, 0.15) is 5.75 Å². The van der Waals surface area contributed by atoms with E-state index in [9.17, 15) is 14.4 Å². The summed E-state index contributed by atoms with van der Waals surface area (Å²) < 4.78 is 15.6. The number of ether oxygens (including phenoxy) is 3. The van der Waals surface area contributed by atoms with Crippen LogP contribution in [0.4, 0.5) is 11.4 Å². The number of esters is 1. The summed E-state index contributed by atoms with van der Waals surface area (Å²) in [6.45, 7) is 2.15. The molecular formula is C23H31N3O6. The molecule has 2 aliphatic heterocycles. The van der Waals surface area contributed by atoms with Gasteiger partial charge in [0, 0.05) is 45.1 Å². The van der Waals surface area contributed by atoms with Crippen molar-refractivity contribution in [1.82, 2.24) is 5.32 Å². The minimum atomic E-state index is -0.324. The van der Waals surface area contributed by atoms with Gasteiger partial charge >= 0.3 is 5.97 Å². The Hall–Kier alpha value is -2.65. The summed E-state index contributed by atoms with van der Waals surface area (Å²) in [7, 11) is 3.01. The smallest absolute Gasteiger partial charge is 0.309 e. The summed E-state index contributed by atoms with van der Waals surface area (Å²) >= 11 is 0. The molecule has 9 heteroatoms. The van der Waals surface area contributed by atoms with Gasteiger partial charge in [-0.15, -0.1) is 0 Å². The molecule has 2 atom stereocenters. The molecule has 2 fully saturated rings. The molecule has 1 aliphatic carbocycles. The summed E-state index contributed by atoms with van der Waals surface area (Å²) in [6, 6.07) is 5.73. The van der Waals surface area contributed by atoms with Crippen molar-refractivity contribution in [2.24, 2.45) is 11.8 Å². The lowest BCUT2D eigenvalue weighted by Gasteiger charge is -2.34. The van der Waals surface area contributed by atoms with Gasteiger partial charge in [0.05, 0.1) is 24.6 Å². The Morgan fingerprint density at radius 2 is 2.00 bits per heavy atom. The number of rotatable bonds is 8. The standard InChI is InChI=1S/C23H31N3O6/c1-30-9-3-8-25-19-11-18(6-7-20(19)32-14-21(25)27)26(17-4-5-17)22(28)15-10-16(13-24-12-15)23(29)31-2/h6-7,11,15-17,24H,3-5,8-10,12-14H2,1-2H3/t15?,16-/m0/s1. The third-order valence-electron chi connectivity index (χ3n) is 6.28. The largest absolute Gasteiger partial charge is 0.482 e. The van der Waals surface area contributed by atoms with Crippen molar-refractivity contribution >= 4 is 29.2 Å². The number of piperidine rings is 1. The van der Waals surface area contributed by atoms with Crippen molar-refractivity contribution < 1.29 is 28.6 Å². The maximum atomic E-state index is 13.6. The first-order valence-corrected chi connectivity index (χ1v) is 11.2. The number of anilines is 2. The van der Waals surface area contributed by atoms with Gasteiger partial charge < -0.3 is 29.3 Å². The van der Waals surface area contributed by atoms with Gasteiger partial charge in [0.2, 0.25) is 5.91 Å².